The molecule has 0 spiro atoms. The number of hydrogen-bond acceptors (Lipinski definition) is 8. The number of ether oxygens (including phenoxy) is 1. The Morgan fingerprint density at radius 2 is 1.94 bits per heavy atom. The third kappa shape index (κ3) is 6.04. The van der Waals surface area contributed by atoms with Crippen LogP contribution in [0.3, 0.4) is 0 Å². The lowest BCUT2D eigenvalue weighted by Crippen LogP contribution is -2.49. The van der Waals surface area contributed by atoms with E-state index in [4.69, 9.17) is 21.3 Å². The van der Waals surface area contributed by atoms with Crippen molar-refractivity contribution in [1.29, 1.82) is 0 Å². The van der Waals surface area contributed by atoms with E-state index in [-0.39, 0.29) is 24.4 Å². The van der Waals surface area contributed by atoms with Crippen LogP contribution in [0.4, 0.5) is 5.95 Å². The minimum Gasteiger partial charge on any atom is -0.377 e. The molecule has 3 aromatic rings. The molecule has 2 aliphatic heterocycles. The van der Waals surface area contributed by atoms with Gasteiger partial charge in [-0.05, 0) is 56.5 Å². The Labute approximate surface area is 209 Å². The number of anilines is 1. The number of aromatic nitrogens is 4. The van der Waals surface area contributed by atoms with Crippen molar-refractivity contribution in [2.75, 3.05) is 31.6 Å². The van der Waals surface area contributed by atoms with Gasteiger partial charge in [0.2, 0.25) is 11.9 Å². The van der Waals surface area contributed by atoms with Gasteiger partial charge in [-0.2, -0.15) is 0 Å². The zero-order chi connectivity index (χ0) is 24.2. The van der Waals surface area contributed by atoms with E-state index in [0.717, 1.165) is 54.6 Å². The van der Waals surface area contributed by atoms with Gasteiger partial charge in [0, 0.05) is 42.8 Å². The molecule has 0 bridgehead atoms. The number of fused-ring (bicyclic) bond motifs is 1. The van der Waals surface area contributed by atoms with Crippen LogP contribution in [-0.2, 0) is 22.5 Å². The van der Waals surface area contributed by atoms with E-state index in [9.17, 15) is 4.79 Å². The van der Waals surface area contributed by atoms with Crippen LogP contribution < -0.4 is 10.6 Å². The Kier molecular flexibility index (Phi) is 7.36. The highest BCUT2D eigenvalue weighted by atomic mass is 35.5. The molecule has 5 rings (SSSR count). The van der Waals surface area contributed by atoms with Crippen molar-refractivity contribution in [3.8, 4) is 0 Å². The van der Waals surface area contributed by atoms with E-state index >= 15 is 0 Å². The van der Waals surface area contributed by atoms with Gasteiger partial charge < -0.3 is 15.4 Å². The first-order valence-corrected chi connectivity index (χ1v) is 12.5. The standard InChI is InChI=1S/C25H30ClN7O2/c1-16(30-25-28-9-17(10-29-25)8-23(34)31-21-14-35-15-21)18-4-6-33(7-5-18)13-20-3-2-19-11-27-12-22(26)24(19)32-20/h2-3,9-12,16,18,21H,4-8,13-15H2,1H3,(H,31,34)(H,28,29,30)/t16-/m0/s1. The molecule has 2 fully saturated rings. The molecule has 2 aliphatic rings. The monoisotopic (exact) mass is 495 g/mol. The highest BCUT2D eigenvalue weighted by Crippen LogP contribution is 2.25. The molecular formula is C25H30ClN7O2. The van der Waals surface area contributed by atoms with Gasteiger partial charge in [0.25, 0.3) is 0 Å². The van der Waals surface area contributed by atoms with E-state index in [0.29, 0.717) is 30.1 Å². The molecule has 3 aromatic heterocycles. The zero-order valence-corrected chi connectivity index (χ0v) is 20.5. The molecule has 2 N–H and O–H groups in total. The van der Waals surface area contributed by atoms with Crippen LogP contribution >= 0.6 is 11.6 Å². The van der Waals surface area contributed by atoms with Gasteiger partial charge in [0.1, 0.15) is 0 Å². The van der Waals surface area contributed by atoms with Crippen LogP contribution in [0.2, 0.25) is 5.02 Å². The van der Waals surface area contributed by atoms with Gasteiger partial charge in [0.05, 0.1) is 41.9 Å². The van der Waals surface area contributed by atoms with Gasteiger partial charge in [-0.1, -0.05) is 11.6 Å². The van der Waals surface area contributed by atoms with Gasteiger partial charge >= 0.3 is 0 Å². The molecule has 2 saturated heterocycles. The third-order valence-electron chi connectivity index (χ3n) is 6.77. The maximum absolute atomic E-state index is 12.0. The lowest BCUT2D eigenvalue weighted by molar-refractivity contribution is -0.124. The second-order valence-electron chi connectivity index (χ2n) is 9.44. The fourth-order valence-corrected chi connectivity index (χ4v) is 4.81. The summed E-state index contributed by atoms with van der Waals surface area (Å²) < 4.78 is 5.08. The SMILES string of the molecule is C[C@H](Nc1ncc(CC(=O)NC2COC2)cn1)C1CCN(Cc2ccc3cncc(Cl)c3n2)CC1. The normalized spacial score (nSPS) is 18.2. The number of carbonyl (C=O) groups excluding carboxylic acids is 1. The molecule has 5 heterocycles. The molecule has 0 aliphatic carbocycles. The number of hydrogen-bond donors (Lipinski definition) is 2. The summed E-state index contributed by atoms with van der Waals surface area (Å²) >= 11 is 6.27. The average Bonchev–Trinajstić information content (AvgIpc) is 2.84. The summed E-state index contributed by atoms with van der Waals surface area (Å²) in [5.41, 5.74) is 2.64. The molecular weight excluding hydrogens is 466 g/mol. The molecule has 9 nitrogen and oxygen atoms in total. The Morgan fingerprint density at radius 1 is 1.17 bits per heavy atom. The van der Waals surface area contributed by atoms with Crippen LogP contribution in [0.25, 0.3) is 10.9 Å². The lowest BCUT2D eigenvalue weighted by atomic mass is 9.90. The minimum absolute atomic E-state index is 0.0262. The smallest absolute Gasteiger partial charge is 0.224 e. The Hall–Kier alpha value is -2.88. The summed E-state index contributed by atoms with van der Waals surface area (Å²) in [6.45, 7) is 6.22. The first-order chi connectivity index (χ1) is 17.0. The van der Waals surface area contributed by atoms with Crippen molar-refractivity contribution < 1.29 is 9.53 Å². The van der Waals surface area contributed by atoms with Gasteiger partial charge in [0.15, 0.2) is 0 Å². The van der Waals surface area contributed by atoms with Crippen molar-refractivity contribution in [1.82, 2.24) is 30.2 Å². The average molecular weight is 496 g/mol. The fourth-order valence-electron chi connectivity index (χ4n) is 4.60. The van der Waals surface area contributed by atoms with E-state index < -0.39 is 0 Å². The topological polar surface area (TPSA) is 105 Å². The molecule has 1 atom stereocenters. The van der Waals surface area contributed by atoms with Gasteiger partial charge in [-0.15, -0.1) is 0 Å². The Bertz CT molecular complexity index is 1160. The molecule has 0 radical (unpaired) electrons. The molecule has 0 saturated carbocycles. The summed E-state index contributed by atoms with van der Waals surface area (Å²) in [6.07, 6.45) is 9.34. The number of rotatable bonds is 8. The van der Waals surface area contributed by atoms with E-state index in [2.05, 4.69) is 43.5 Å². The molecule has 0 unspecified atom stereocenters. The van der Waals surface area contributed by atoms with Crippen LogP contribution in [0.15, 0.2) is 36.9 Å². The van der Waals surface area contributed by atoms with Crippen molar-refractivity contribution in [3.05, 3.63) is 53.2 Å². The molecule has 1 amide bonds. The Morgan fingerprint density at radius 3 is 2.66 bits per heavy atom. The number of nitrogens with one attached hydrogen (secondary N) is 2. The summed E-state index contributed by atoms with van der Waals surface area (Å²) in [5, 5.41) is 7.92. The number of pyridine rings is 2. The first-order valence-electron chi connectivity index (χ1n) is 12.1. The van der Waals surface area contributed by atoms with E-state index in [1.807, 2.05) is 6.07 Å². The van der Waals surface area contributed by atoms with Crippen LogP contribution in [0, 0.1) is 5.92 Å². The second kappa shape index (κ2) is 10.8. The van der Waals surface area contributed by atoms with E-state index in [1.165, 1.54) is 0 Å². The van der Waals surface area contributed by atoms with E-state index in [1.54, 1.807) is 24.8 Å². The summed E-state index contributed by atoms with van der Waals surface area (Å²) in [5.74, 6) is 1.11. The highest BCUT2D eigenvalue weighted by molar-refractivity contribution is 6.34. The van der Waals surface area contributed by atoms with Crippen molar-refractivity contribution in [2.45, 2.75) is 44.8 Å². The van der Waals surface area contributed by atoms with Crippen LogP contribution in [-0.4, -0.2) is 69.1 Å². The number of nitrogens with zero attached hydrogens (tertiary/aromatic N) is 5. The third-order valence-corrected chi connectivity index (χ3v) is 7.04. The van der Waals surface area contributed by atoms with Crippen molar-refractivity contribution in [3.63, 3.8) is 0 Å². The van der Waals surface area contributed by atoms with Gasteiger partial charge in [-0.25, -0.2) is 15.0 Å². The largest absolute Gasteiger partial charge is 0.377 e. The molecule has 10 heteroatoms. The van der Waals surface area contributed by atoms with Crippen molar-refractivity contribution in [2.24, 2.45) is 5.92 Å². The van der Waals surface area contributed by atoms with Crippen molar-refractivity contribution >= 4 is 34.4 Å². The lowest BCUT2D eigenvalue weighted by Gasteiger charge is -2.35. The predicted molar refractivity (Wildman–Crippen MR) is 134 cm³/mol. The summed E-state index contributed by atoms with van der Waals surface area (Å²) in [4.78, 5) is 32.2. The second-order valence-corrected chi connectivity index (χ2v) is 9.84. The number of carbonyl (C=O) groups is 1. The number of likely N-dealkylation sites (tertiary alicyclic amines) is 1. The molecule has 184 valence electrons. The quantitative estimate of drug-likeness (QED) is 0.491. The number of amides is 1. The maximum atomic E-state index is 12.0. The first kappa shape index (κ1) is 23.8. The summed E-state index contributed by atoms with van der Waals surface area (Å²) in [6, 6.07) is 4.49. The number of piperidine rings is 1. The number of halogens is 1. The molecule has 35 heavy (non-hydrogen) atoms. The Balaban J connectivity index is 1.08. The van der Waals surface area contributed by atoms with Crippen LogP contribution in [0.5, 0.6) is 0 Å². The maximum Gasteiger partial charge on any atom is 0.224 e. The minimum atomic E-state index is -0.0262. The zero-order valence-electron chi connectivity index (χ0n) is 19.8. The predicted octanol–water partition coefficient (Wildman–Crippen LogP) is 2.84. The molecule has 0 aromatic carbocycles. The fraction of sp³-hybridized carbons (Fsp3) is 0.480. The van der Waals surface area contributed by atoms with Crippen LogP contribution in [0.1, 0.15) is 31.0 Å². The highest BCUT2D eigenvalue weighted by Gasteiger charge is 2.25. The summed E-state index contributed by atoms with van der Waals surface area (Å²) in [7, 11) is 0. The van der Waals surface area contributed by atoms with Gasteiger partial charge in [-0.3, -0.25) is 14.7 Å².